The van der Waals surface area contributed by atoms with Crippen LogP contribution < -0.4 is 10.6 Å². The number of thiophene rings is 1. The van der Waals surface area contributed by atoms with E-state index in [1.807, 2.05) is 45.3 Å². The van der Waals surface area contributed by atoms with Gasteiger partial charge in [-0.15, -0.1) is 11.3 Å². The largest absolute Gasteiger partial charge is 0.372 e. The van der Waals surface area contributed by atoms with Crippen molar-refractivity contribution >= 4 is 39.4 Å². The average Bonchev–Trinajstić information content (AvgIpc) is 3.75. The summed E-state index contributed by atoms with van der Waals surface area (Å²) in [7, 11) is 1.83. The molecule has 5 aromatic rings. The van der Waals surface area contributed by atoms with Crippen LogP contribution in [-0.2, 0) is 19.3 Å². The summed E-state index contributed by atoms with van der Waals surface area (Å²) in [6.07, 6.45) is 8.89. The van der Waals surface area contributed by atoms with Gasteiger partial charge in [0.05, 0.1) is 27.7 Å². The molecule has 9 heteroatoms. The molecule has 1 atom stereocenters. The zero-order chi connectivity index (χ0) is 32.1. The highest BCUT2D eigenvalue weighted by molar-refractivity contribution is 7.22. The van der Waals surface area contributed by atoms with Crippen LogP contribution in [0, 0.1) is 18.7 Å². The minimum absolute atomic E-state index is 0.170. The molecule has 1 unspecified atom stereocenters. The van der Waals surface area contributed by atoms with Crippen LogP contribution >= 0.6 is 11.3 Å². The third-order valence-corrected chi connectivity index (χ3v) is 8.99. The van der Waals surface area contributed by atoms with Gasteiger partial charge in [0.1, 0.15) is 11.6 Å². The molecule has 5 heterocycles. The summed E-state index contributed by atoms with van der Waals surface area (Å²) < 4.78 is 13.1. The summed E-state index contributed by atoms with van der Waals surface area (Å²) in [4.78, 5) is 39.1. The number of aromatic nitrogens is 3. The van der Waals surface area contributed by atoms with Crippen LogP contribution in [-0.4, -0.2) is 34.2 Å². The maximum atomic E-state index is 12.7. The first kappa shape index (κ1) is 31.9. The van der Waals surface area contributed by atoms with Crippen molar-refractivity contribution in [3.8, 4) is 10.4 Å². The van der Waals surface area contributed by atoms with E-state index in [9.17, 15) is 14.0 Å². The van der Waals surface area contributed by atoms with E-state index >= 15 is 0 Å². The van der Waals surface area contributed by atoms with Crippen molar-refractivity contribution in [3.05, 3.63) is 106 Å². The van der Waals surface area contributed by atoms with Crippen LogP contribution in [0.25, 0.3) is 20.5 Å². The van der Waals surface area contributed by atoms with E-state index in [-0.39, 0.29) is 17.8 Å². The Morgan fingerprint density at radius 1 is 1.09 bits per heavy atom. The summed E-state index contributed by atoms with van der Waals surface area (Å²) in [5, 5.41) is 7.08. The number of pyridine rings is 3. The number of amides is 1. The van der Waals surface area contributed by atoms with Crippen molar-refractivity contribution < 1.29 is 14.0 Å². The van der Waals surface area contributed by atoms with Crippen LogP contribution in [0.4, 0.5) is 10.2 Å². The van der Waals surface area contributed by atoms with Gasteiger partial charge in [-0.25, -0.2) is 9.37 Å². The molecule has 0 fully saturated rings. The molecular weight excluding hydrogens is 585 g/mol. The number of carbonyl (C=O) groups is 2. The second kappa shape index (κ2) is 14.1. The number of benzene rings is 1. The molecule has 7 nitrogen and oxygen atoms in total. The third kappa shape index (κ3) is 7.09. The van der Waals surface area contributed by atoms with Crippen molar-refractivity contribution in [2.45, 2.75) is 59.4 Å². The molecule has 0 saturated heterocycles. The van der Waals surface area contributed by atoms with Crippen LogP contribution in [0.1, 0.15) is 82.2 Å². The number of halogens is 1. The molecule has 0 radical (unpaired) electrons. The van der Waals surface area contributed by atoms with Gasteiger partial charge in [0, 0.05) is 41.1 Å². The van der Waals surface area contributed by atoms with Crippen molar-refractivity contribution in [1.82, 2.24) is 20.3 Å². The number of hydrogen-bond acceptors (Lipinski definition) is 7. The first-order chi connectivity index (χ1) is 21.7. The van der Waals surface area contributed by atoms with Gasteiger partial charge in [0.15, 0.2) is 6.29 Å². The number of rotatable bonds is 5. The van der Waals surface area contributed by atoms with Crippen LogP contribution in [0.5, 0.6) is 0 Å². The molecule has 1 aliphatic carbocycles. The lowest BCUT2D eigenvalue weighted by Gasteiger charge is -2.15. The second-order valence-corrected chi connectivity index (χ2v) is 12.8. The average molecular weight is 624 g/mol. The first-order valence-electron chi connectivity index (χ1n) is 15.2. The molecule has 0 spiro atoms. The van der Waals surface area contributed by atoms with Gasteiger partial charge in [0.25, 0.3) is 5.91 Å². The molecule has 2 aliphatic rings. The van der Waals surface area contributed by atoms with E-state index in [1.165, 1.54) is 54.0 Å². The Morgan fingerprint density at radius 2 is 1.87 bits per heavy atom. The van der Waals surface area contributed by atoms with Crippen molar-refractivity contribution in [2.75, 3.05) is 12.4 Å². The molecule has 0 bridgehead atoms. The standard InChI is InChI=1S/C21H22N4O2S.C8H9N.C7H7F/c1-10(2)7-14-13(9-26)16(17-18(25-14)11(3)24-21(17)27)15-8-12-5-6-23-20(22-4)19(12)28-15;1-3-7-4-2-6-9-8(7)5-1;1-6-2-4-7(8)5-3-6/h5-6,8-11H,7H2,1-4H3,(H,22,23)(H,24,27);2,4,6H,1,3,5H2;2-5H,1H3. The number of carbonyl (C=O) groups excluding carboxylic acids is 2. The Hall–Kier alpha value is -4.50. The normalized spacial score (nSPS) is 14.6. The lowest BCUT2D eigenvalue weighted by atomic mass is 9.93. The smallest absolute Gasteiger partial charge is 0.254 e. The maximum absolute atomic E-state index is 12.7. The third-order valence-electron chi connectivity index (χ3n) is 7.82. The molecule has 7 rings (SSSR count). The predicted molar refractivity (Wildman–Crippen MR) is 180 cm³/mol. The van der Waals surface area contributed by atoms with Gasteiger partial charge >= 0.3 is 0 Å². The monoisotopic (exact) mass is 623 g/mol. The Kier molecular flexibility index (Phi) is 9.98. The van der Waals surface area contributed by atoms with Gasteiger partial charge in [-0.2, -0.15) is 0 Å². The topological polar surface area (TPSA) is 96.9 Å². The molecule has 1 aliphatic heterocycles. The van der Waals surface area contributed by atoms with Crippen molar-refractivity contribution in [1.29, 1.82) is 0 Å². The van der Waals surface area contributed by atoms with Gasteiger partial charge in [0.2, 0.25) is 0 Å². The second-order valence-electron chi connectivity index (χ2n) is 11.7. The number of aldehydes is 1. The lowest BCUT2D eigenvalue weighted by Crippen LogP contribution is -2.16. The SMILES string of the molecule is CNc1nccc2cc(-c3c(C=O)c(CC(C)C)nc4c3C(=O)NC4C)sc12.Cc1ccc(F)cc1.c1cnc2c(c1)CCC2. The highest BCUT2D eigenvalue weighted by atomic mass is 32.1. The van der Waals surface area contributed by atoms with Gasteiger partial charge < -0.3 is 10.6 Å². The Labute approximate surface area is 267 Å². The quantitative estimate of drug-likeness (QED) is 0.193. The van der Waals surface area contributed by atoms with E-state index in [0.29, 0.717) is 29.0 Å². The first-order valence-corrected chi connectivity index (χ1v) is 16.1. The molecule has 1 amide bonds. The van der Waals surface area contributed by atoms with E-state index in [2.05, 4.69) is 40.5 Å². The molecule has 2 N–H and O–H groups in total. The fraction of sp³-hybridized carbons (Fsp3) is 0.306. The summed E-state index contributed by atoms with van der Waals surface area (Å²) in [6, 6.07) is 14.4. The summed E-state index contributed by atoms with van der Waals surface area (Å²) in [5.41, 5.74) is 7.08. The van der Waals surface area contributed by atoms with E-state index in [0.717, 1.165) is 44.0 Å². The minimum atomic E-state index is -0.173. The number of nitrogens with zero attached hydrogens (tertiary/aromatic N) is 3. The zero-order valence-corrected chi connectivity index (χ0v) is 27.1. The highest BCUT2D eigenvalue weighted by Gasteiger charge is 2.34. The summed E-state index contributed by atoms with van der Waals surface area (Å²) in [5.74, 6) is 0.788. The Morgan fingerprint density at radius 3 is 2.53 bits per heavy atom. The molecule has 45 heavy (non-hydrogen) atoms. The molecular formula is C36H38FN5O2S. The summed E-state index contributed by atoms with van der Waals surface area (Å²) in [6.45, 7) is 8.05. The van der Waals surface area contributed by atoms with Gasteiger partial charge in [-0.1, -0.05) is 37.6 Å². The van der Waals surface area contributed by atoms with Crippen LogP contribution in [0.15, 0.2) is 60.9 Å². The van der Waals surface area contributed by atoms with Crippen molar-refractivity contribution in [2.24, 2.45) is 5.92 Å². The molecule has 232 valence electrons. The molecule has 1 aromatic carbocycles. The summed E-state index contributed by atoms with van der Waals surface area (Å²) >= 11 is 1.54. The van der Waals surface area contributed by atoms with E-state index in [4.69, 9.17) is 4.98 Å². The maximum Gasteiger partial charge on any atom is 0.254 e. The number of nitrogens with one attached hydrogen (secondary N) is 2. The fourth-order valence-corrected chi connectivity index (χ4v) is 6.86. The van der Waals surface area contributed by atoms with Gasteiger partial charge in [-0.05, 0) is 86.7 Å². The number of hydrogen-bond donors (Lipinski definition) is 2. The Bertz CT molecular complexity index is 1790. The molecule has 4 aromatic heterocycles. The number of anilines is 1. The zero-order valence-electron chi connectivity index (χ0n) is 26.3. The van der Waals surface area contributed by atoms with E-state index in [1.54, 1.807) is 18.3 Å². The fourth-order valence-electron chi connectivity index (χ4n) is 5.64. The number of aryl methyl sites for hydroxylation is 3. The highest BCUT2D eigenvalue weighted by Crippen LogP contribution is 2.43. The predicted octanol–water partition coefficient (Wildman–Crippen LogP) is 7.92. The lowest BCUT2D eigenvalue weighted by molar-refractivity contribution is 0.0959. The van der Waals surface area contributed by atoms with E-state index < -0.39 is 0 Å². The van der Waals surface area contributed by atoms with Crippen molar-refractivity contribution in [3.63, 3.8) is 0 Å². The number of fused-ring (bicyclic) bond motifs is 3. The minimum Gasteiger partial charge on any atom is -0.372 e. The van der Waals surface area contributed by atoms with Crippen LogP contribution in [0.2, 0.25) is 0 Å². The van der Waals surface area contributed by atoms with Crippen LogP contribution in [0.3, 0.4) is 0 Å². The Balaban J connectivity index is 0.000000189. The molecule has 0 saturated carbocycles. The van der Waals surface area contributed by atoms with Gasteiger partial charge in [-0.3, -0.25) is 19.6 Å².